The predicted octanol–water partition coefficient (Wildman–Crippen LogP) is 0.995. The first-order valence-electron chi connectivity index (χ1n) is 7.32. The molecule has 2 aromatic rings. The predicted molar refractivity (Wildman–Crippen MR) is 83.1 cm³/mol. The van der Waals surface area contributed by atoms with E-state index in [1.807, 2.05) is 13.8 Å². The van der Waals surface area contributed by atoms with Gasteiger partial charge < -0.3 is 10.0 Å². The number of hydrogen-bond donors (Lipinski definition) is 1. The fraction of sp³-hybridized carbons (Fsp3) is 0.533. The van der Waals surface area contributed by atoms with Crippen LogP contribution >= 0.6 is 0 Å². The van der Waals surface area contributed by atoms with E-state index >= 15 is 0 Å². The van der Waals surface area contributed by atoms with Crippen molar-refractivity contribution < 1.29 is 14.7 Å². The van der Waals surface area contributed by atoms with E-state index in [4.69, 9.17) is 0 Å². The molecule has 8 nitrogen and oxygen atoms in total. The van der Waals surface area contributed by atoms with Gasteiger partial charge in [-0.05, 0) is 39.7 Å². The van der Waals surface area contributed by atoms with Crippen molar-refractivity contribution in [1.29, 1.82) is 0 Å². The highest BCUT2D eigenvalue weighted by molar-refractivity contribution is 5.86. The normalized spacial score (nSPS) is 11.7. The third kappa shape index (κ3) is 3.01. The number of carbonyl (C=O) groups is 2. The smallest absolute Gasteiger partial charge is 0.329 e. The molecule has 1 amide bonds. The molecule has 0 aliphatic heterocycles. The van der Waals surface area contributed by atoms with Crippen LogP contribution in [-0.2, 0) is 16.0 Å². The molecule has 1 N–H and O–H groups in total. The molecule has 0 aliphatic rings. The number of fused-ring (bicyclic) bond motifs is 1. The van der Waals surface area contributed by atoms with Gasteiger partial charge in [0, 0.05) is 24.9 Å². The van der Waals surface area contributed by atoms with Crippen molar-refractivity contribution in [3.63, 3.8) is 0 Å². The maximum Gasteiger partial charge on any atom is 0.329 e. The van der Waals surface area contributed by atoms with E-state index in [1.165, 1.54) is 32.1 Å². The zero-order valence-corrected chi connectivity index (χ0v) is 14.0. The summed E-state index contributed by atoms with van der Waals surface area (Å²) in [6.07, 6.45) is 2.11. The Kier molecular flexibility index (Phi) is 4.35. The number of carboxylic acids is 1. The van der Waals surface area contributed by atoms with Gasteiger partial charge in [-0.1, -0.05) is 0 Å². The standard InChI is InChI=1S/C15H21N5O3/c1-9-11(10(2)20-14(18-9)16-8-17-20)6-7-12(21)19(5)15(3,4)13(22)23/h8H,6-7H2,1-5H3,(H,22,23). The molecule has 2 aromatic heterocycles. The molecule has 0 saturated carbocycles. The van der Waals surface area contributed by atoms with Crippen molar-refractivity contribution in [2.24, 2.45) is 0 Å². The number of rotatable bonds is 5. The lowest BCUT2D eigenvalue weighted by atomic mass is 10.0. The molecule has 0 spiro atoms. The Labute approximate surface area is 134 Å². The molecule has 2 heterocycles. The Bertz CT molecular complexity index is 766. The van der Waals surface area contributed by atoms with Gasteiger partial charge in [0.2, 0.25) is 5.91 Å². The lowest BCUT2D eigenvalue weighted by Crippen LogP contribution is -2.50. The first-order valence-corrected chi connectivity index (χ1v) is 7.32. The van der Waals surface area contributed by atoms with Gasteiger partial charge in [0.05, 0.1) is 0 Å². The van der Waals surface area contributed by atoms with Gasteiger partial charge >= 0.3 is 5.97 Å². The topological polar surface area (TPSA) is 101 Å². The Hall–Kier alpha value is -2.51. The van der Waals surface area contributed by atoms with E-state index in [9.17, 15) is 14.7 Å². The summed E-state index contributed by atoms with van der Waals surface area (Å²) in [5.41, 5.74) is 1.38. The molecule has 8 heteroatoms. The van der Waals surface area contributed by atoms with Crippen LogP contribution in [0.2, 0.25) is 0 Å². The van der Waals surface area contributed by atoms with E-state index in [0.29, 0.717) is 12.2 Å². The summed E-state index contributed by atoms with van der Waals surface area (Å²) in [7, 11) is 1.51. The highest BCUT2D eigenvalue weighted by atomic mass is 16.4. The summed E-state index contributed by atoms with van der Waals surface area (Å²) < 4.78 is 1.64. The third-order valence-corrected chi connectivity index (χ3v) is 4.31. The minimum atomic E-state index is -1.24. The number of aromatic nitrogens is 4. The largest absolute Gasteiger partial charge is 0.480 e. The molecule has 0 saturated heterocycles. The van der Waals surface area contributed by atoms with Crippen molar-refractivity contribution >= 4 is 17.7 Å². The average molecular weight is 319 g/mol. The van der Waals surface area contributed by atoms with Crippen molar-refractivity contribution in [3.05, 3.63) is 23.3 Å². The van der Waals surface area contributed by atoms with Crippen LogP contribution in [0.1, 0.15) is 37.2 Å². The second-order valence-electron chi connectivity index (χ2n) is 6.05. The molecule has 0 radical (unpaired) electrons. The Balaban J connectivity index is 2.18. The minimum Gasteiger partial charge on any atom is -0.480 e. The third-order valence-electron chi connectivity index (χ3n) is 4.31. The molecule has 2 rings (SSSR count). The number of amides is 1. The number of aliphatic carboxylic acids is 1. The second-order valence-corrected chi connectivity index (χ2v) is 6.05. The average Bonchev–Trinajstić information content (AvgIpc) is 2.93. The van der Waals surface area contributed by atoms with Crippen LogP contribution in [0.5, 0.6) is 0 Å². The summed E-state index contributed by atoms with van der Waals surface area (Å²) in [5, 5.41) is 13.3. The quantitative estimate of drug-likeness (QED) is 0.882. The molecule has 0 unspecified atom stereocenters. The van der Waals surface area contributed by atoms with Crippen molar-refractivity contribution in [2.75, 3.05) is 7.05 Å². The highest BCUT2D eigenvalue weighted by Crippen LogP contribution is 2.18. The molecular weight excluding hydrogens is 298 g/mol. The Morgan fingerprint density at radius 3 is 2.61 bits per heavy atom. The van der Waals surface area contributed by atoms with E-state index < -0.39 is 11.5 Å². The van der Waals surface area contributed by atoms with Gasteiger partial charge in [-0.3, -0.25) is 4.79 Å². The molecule has 0 bridgehead atoms. The van der Waals surface area contributed by atoms with Crippen LogP contribution in [0.25, 0.3) is 5.78 Å². The summed E-state index contributed by atoms with van der Waals surface area (Å²) >= 11 is 0. The van der Waals surface area contributed by atoms with Gasteiger partial charge in [-0.25, -0.2) is 14.3 Å². The number of aryl methyl sites for hydroxylation is 2. The van der Waals surface area contributed by atoms with Gasteiger partial charge in [-0.15, -0.1) is 0 Å². The van der Waals surface area contributed by atoms with Crippen molar-refractivity contribution in [2.45, 2.75) is 46.1 Å². The lowest BCUT2D eigenvalue weighted by molar-refractivity contribution is -0.155. The Morgan fingerprint density at radius 1 is 1.35 bits per heavy atom. The molecule has 124 valence electrons. The molecule has 23 heavy (non-hydrogen) atoms. The monoisotopic (exact) mass is 319 g/mol. The number of hydrogen-bond acceptors (Lipinski definition) is 5. The fourth-order valence-electron chi connectivity index (χ4n) is 2.37. The van der Waals surface area contributed by atoms with E-state index in [-0.39, 0.29) is 12.3 Å². The van der Waals surface area contributed by atoms with Gasteiger partial charge in [0.25, 0.3) is 5.78 Å². The number of carbonyl (C=O) groups excluding carboxylic acids is 1. The lowest BCUT2D eigenvalue weighted by Gasteiger charge is -2.31. The molecule has 0 aliphatic carbocycles. The second kappa shape index (κ2) is 5.94. The maximum atomic E-state index is 12.3. The highest BCUT2D eigenvalue weighted by Gasteiger charge is 2.34. The van der Waals surface area contributed by atoms with Gasteiger partial charge in [0.1, 0.15) is 11.9 Å². The Morgan fingerprint density at radius 2 is 2.00 bits per heavy atom. The first-order chi connectivity index (χ1) is 10.7. The maximum absolute atomic E-state index is 12.3. The minimum absolute atomic E-state index is 0.205. The SMILES string of the molecule is Cc1nc2ncnn2c(C)c1CCC(=O)N(C)C(C)(C)C(=O)O. The van der Waals surface area contributed by atoms with Crippen molar-refractivity contribution in [1.82, 2.24) is 24.5 Å². The molecule has 0 aromatic carbocycles. The number of likely N-dealkylation sites (N-methyl/N-ethyl adjacent to an activating group) is 1. The van der Waals surface area contributed by atoms with E-state index in [2.05, 4.69) is 15.1 Å². The summed E-state index contributed by atoms with van der Waals surface area (Å²) in [4.78, 5) is 33.2. The summed E-state index contributed by atoms with van der Waals surface area (Å²) in [6, 6.07) is 0. The first kappa shape index (κ1) is 16.9. The van der Waals surface area contributed by atoms with Crippen LogP contribution in [-0.4, -0.2) is 54.1 Å². The van der Waals surface area contributed by atoms with Crippen LogP contribution in [0, 0.1) is 13.8 Å². The molecular formula is C15H21N5O3. The summed E-state index contributed by atoms with van der Waals surface area (Å²) in [6.45, 7) is 6.78. The van der Waals surface area contributed by atoms with E-state index in [0.717, 1.165) is 17.0 Å². The van der Waals surface area contributed by atoms with Crippen LogP contribution < -0.4 is 0 Å². The summed E-state index contributed by atoms with van der Waals surface area (Å²) in [5.74, 6) is -0.736. The van der Waals surface area contributed by atoms with E-state index in [1.54, 1.807) is 4.52 Å². The number of nitrogens with zero attached hydrogens (tertiary/aromatic N) is 5. The van der Waals surface area contributed by atoms with Crippen LogP contribution in [0.4, 0.5) is 0 Å². The molecule has 0 atom stereocenters. The van der Waals surface area contributed by atoms with Crippen LogP contribution in [0.3, 0.4) is 0 Å². The van der Waals surface area contributed by atoms with Crippen molar-refractivity contribution in [3.8, 4) is 0 Å². The molecule has 0 fully saturated rings. The zero-order chi connectivity index (χ0) is 17.4. The number of carboxylic acid groups (broad SMARTS) is 1. The fourth-order valence-corrected chi connectivity index (χ4v) is 2.37. The van der Waals surface area contributed by atoms with Crippen LogP contribution in [0.15, 0.2) is 6.33 Å². The zero-order valence-electron chi connectivity index (χ0n) is 14.0. The van der Waals surface area contributed by atoms with Gasteiger partial charge in [0.15, 0.2) is 0 Å². The van der Waals surface area contributed by atoms with Gasteiger partial charge in [-0.2, -0.15) is 10.1 Å².